The fourth-order valence-corrected chi connectivity index (χ4v) is 3.30. The second-order valence-corrected chi connectivity index (χ2v) is 9.04. The lowest BCUT2D eigenvalue weighted by Gasteiger charge is -2.25. The van der Waals surface area contributed by atoms with E-state index in [2.05, 4.69) is 33.6 Å². The Kier molecular flexibility index (Phi) is 16.5. The van der Waals surface area contributed by atoms with Gasteiger partial charge in [0.1, 0.15) is 18.1 Å². The van der Waals surface area contributed by atoms with Crippen molar-refractivity contribution >= 4 is 42.3 Å². The summed E-state index contributed by atoms with van der Waals surface area (Å²) in [4.78, 5) is 53.7. The zero-order chi connectivity index (χ0) is 27.0. The van der Waals surface area contributed by atoms with E-state index in [1.807, 2.05) is 13.8 Å². The number of amides is 3. The molecule has 0 aliphatic heterocycles. The first-order chi connectivity index (χ1) is 16.4. The van der Waals surface area contributed by atoms with Crippen LogP contribution in [0.3, 0.4) is 0 Å². The van der Waals surface area contributed by atoms with Crippen LogP contribution in [-0.2, 0) is 19.2 Å². The van der Waals surface area contributed by atoms with Gasteiger partial charge in [0.15, 0.2) is 5.96 Å². The van der Waals surface area contributed by atoms with E-state index < -0.39 is 47.9 Å². The van der Waals surface area contributed by atoms with Crippen molar-refractivity contribution in [2.75, 3.05) is 18.8 Å². The molecule has 202 valence electrons. The molecule has 12 N–H and O–H groups in total. The zero-order valence-electron chi connectivity index (χ0n) is 20.5. The molecule has 0 saturated heterocycles. The molecular weight excluding hydrogens is 476 g/mol. The molecule has 0 heterocycles. The Bertz CT molecular complexity index is 718. The number of guanidine groups is 1. The predicted octanol–water partition coefficient (Wildman–Crippen LogP) is -1.99. The molecule has 4 unspecified atom stereocenters. The van der Waals surface area contributed by atoms with Gasteiger partial charge in [-0.3, -0.25) is 19.4 Å². The number of thiol groups is 1. The summed E-state index contributed by atoms with van der Waals surface area (Å²) in [6.45, 7) is 4.30. The van der Waals surface area contributed by atoms with E-state index in [1.54, 1.807) is 0 Å². The highest BCUT2D eigenvalue weighted by Crippen LogP contribution is 2.08. The highest BCUT2D eigenvalue weighted by atomic mass is 32.1. The number of aliphatic carboxylic acids is 1. The van der Waals surface area contributed by atoms with Gasteiger partial charge < -0.3 is 44.0 Å². The highest BCUT2D eigenvalue weighted by molar-refractivity contribution is 7.80. The molecule has 0 fully saturated rings. The molecule has 0 aromatic rings. The van der Waals surface area contributed by atoms with Gasteiger partial charge in [-0.05, 0) is 51.0 Å². The Morgan fingerprint density at radius 3 is 1.86 bits per heavy atom. The maximum atomic E-state index is 13.1. The average Bonchev–Trinajstić information content (AvgIpc) is 2.78. The molecule has 0 aromatic carbocycles. The molecule has 0 aliphatic carbocycles. The third-order valence-electron chi connectivity index (χ3n) is 5.01. The third-order valence-corrected chi connectivity index (χ3v) is 5.41. The van der Waals surface area contributed by atoms with Crippen LogP contribution in [0, 0.1) is 5.92 Å². The van der Waals surface area contributed by atoms with Gasteiger partial charge in [0.25, 0.3) is 0 Å². The van der Waals surface area contributed by atoms with Crippen molar-refractivity contribution in [3.05, 3.63) is 0 Å². The Labute approximate surface area is 212 Å². The molecule has 0 rings (SSSR count). The van der Waals surface area contributed by atoms with Gasteiger partial charge in [0, 0.05) is 12.3 Å². The Balaban J connectivity index is 5.58. The summed E-state index contributed by atoms with van der Waals surface area (Å²) >= 11 is 4.00. The zero-order valence-corrected chi connectivity index (χ0v) is 21.4. The van der Waals surface area contributed by atoms with Crippen LogP contribution < -0.4 is 38.9 Å². The molecule has 4 atom stereocenters. The fraction of sp³-hybridized carbons (Fsp3) is 0.762. The Hall–Kier alpha value is -2.58. The van der Waals surface area contributed by atoms with Crippen molar-refractivity contribution in [1.29, 1.82) is 0 Å². The summed E-state index contributed by atoms with van der Waals surface area (Å²) in [5.74, 6) is -2.99. The number of carbonyl (C=O) groups is 4. The summed E-state index contributed by atoms with van der Waals surface area (Å²) in [6, 6.07) is -4.06. The normalized spacial score (nSPS) is 14.3. The van der Waals surface area contributed by atoms with Crippen molar-refractivity contribution in [3.63, 3.8) is 0 Å². The quantitative estimate of drug-likeness (QED) is 0.0421. The summed E-state index contributed by atoms with van der Waals surface area (Å²) < 4.78 is 0. The van der Waals surface area contributed by atoms with Gasteiger partial charge in [0.2, 0.25) is 17.7 Å². The lowest BCUT2D eigenvalue weighted by atomic mass is 10.0. The Morgan fingerprint density at radius 1 is 0.886 bits per heavy atom. The molecule has 13 nitrogen and oxygen atoms in total. The molecule has 14 heteroatoms. The van der Waals surface area contributed by atoms with E-state index in [9.17, 15) is 24.3 Å². The second-order valence-electron chi connectivity index (χ2n) is 8.67. The van der Waals surface area contributed by atoms with Gasteiger partial charge in [-0.1, -0.05) is 13.8 Å². The number of hydrogen-bond donors (Lipinski definition) is 9. The van der Waals surface area contributed by atoms with E-state index in [0.29, 0.717) is 25.8 Å². The molecule has 0 bridgehead atoms. The predicted molar refractivity (Wildman–Crippen MR) is 138 cm³/mol. The monoisotopic (exact) mass is 518 g/mol. The Morgan fingerprint density at radius 2 is 1.40 bits per heavy atom. The van der Waals surface area contributed by atoms with Crippen molar-refractivity contribution in [2.24, 2.45) is 33.8 Å². The van der Waals surface area contributed by atoms with E-state index in [4.69, 9.17) is 22.9 Å². The molecule has 0 radical (unpaired) electrons. The summed E-state index contributed by atoms with van der Waals surface area (Å²) in [7, 11) is 0. The standard InChI is InChI=1S/C21H42N8O5S/c1-12(2)10-16(20(33)34)29-19(32)15(7-5-9-26-21(24)25)28-18(31)14(6-3-4-8-22)27-17(30)13(23)11-35/h12-16,35H,3-11,22-23H2,1-2H3,(H,27,30)(H,28,31)(H,29,32)(H,33,34)(H4,24,25,26). The molecule has 0 saturated carbocycles. The van der Waals surface area contributed by atoms with Gasteiger partial charge >= 0.3 is 5.97 Å². The largest absolute Gasteiger partial charge is 0.480 e. The second kappa shape index (κ2) is 17.8. The number of carboxylic acid groups (broad SMARTS) is 1. The van der Waals surface area contributed by atoms with Crippen molar-refractivity contribution in [3.8, 4) is 0 Å². The van der Waals surface area contributed by atoms with E-state index >= 15 is 0 Å². The minimum Gasteiger partial charge on any atom is -0.480 e. The maximum Gasteiger partial charge on any atom is 0.326 e. The van der Waals surface area contributed by atoms with Crippen LogP contribution in [0.2, 0.25) is 0 Å². The van der Waals surface area contributed by atoms with Crippen LogP contribution in [0.25, 0.3) is 0 Å². The summed E-state index contributed by atoms with van der Waals surface area (Å²) in [6.07, 6.45) is 2.17. The van der Waals surface area contributed by atoms with Crippen LogP contribution in [0.1, 0.15) is 52.4 Å². The maximum absolute atomic E-state index is 13.1. The van der Waals surface area contributed by atoms with E-state index in [-0.39, 0.29) is 43.4 Å². The number of rotatable bonds is 18. The van der Waals surface area contributed by atoms with Crippen molar-refractivity contribution < 1.29 is 24.3 Å². The van der Waals surface area contributed by atoms with Crippen molar-refractivity contribution in [2.45, 2.75) is 76.5 Å². The van der Waals surface area contributed by atoms with Crippen molar-refractivity contribution in [1.82, 2.24) is 16.0 Å². The molecule has 35 heavy (non-hydrogen) atoms. The number of carbonyl (C=O) groups excluding carboxylic acids is 3. The number of hydrogen-bond acceptors (Lipinski definition) is 8. The molecule has 0 aromatic heterocycles. The molecule has 3 amide bonds. The smallest absolute Gasteiger partial charge is 0.326 e. The topological polar surface area (TPSA) is 241 Å². The van der Waals surface area contributed by atoms with Crippen LogP contribution >= 0.6 is 12.6 Å². The summed E-state index contributed by atoms with van der Waals surface area (Å²) in [5, 5.41) is 17.2. The van der Waals surface area contributed by atoms with Crippen LogP contribution in [-0.4, -0.2) is 77.8 Å². The molecule has 0 spiro atoms. The number of nitrogens with two attached hydrogens (primary N) is 4. The first-order valence-electron chi connectivity index (χ1n) is 11.7. The molecular formula is C21H42N8O5S. The van der Waals surface area contributed by atoms with E-state index in [0.717, 1.165) is 0 Å². The van der Waals surface area contributed by atoms with Gasteiger partial charge in [0.05, 0.1) is 6.04 Å². The fourth-order valence-electron chi connectivity index (χ4n) is 3.13. The number of carboxylic acids is 1. The minimum atomic E-state index is -1.18. The number of nitrogens with zero attached hydrogens (tertiary/aromatic N) is 1. The average molecular weight is 519 g/mol. The third kappa shape index (κ3) is 14.4. The van der Waals surface area contributed by atoms with Gasteiger partial charge in [-0.15, -0.1) is 0 Å². The highest BCUT2D eigenvalue weighted by Gasteiger charge is 2.30. The SMILES string of the molecule is CC(C)CC(NC(=O)C(CCCN=C(N)N)NC(=O)C(CCCCN)NC(=O)C(N)CS)C(=O)O. The summed E-state index contributed by atoms with van der Waals surface area (Å²) in [5.41, 5.74) is 21.9. The lowest BCUT2D eigenvalue weighted by molar-refractivity contribution is -0.142. The number of aliphatic imine (C=N–C) groups is 1. The first-order valence-corrected chi connectivity index (χ1v) is 12.3. The van der Waals surface area contributed by atoms with Gasteiger partial charge in [-0.2, -0.15) is 12.6 Å². The van der Waals surface area contributed by atoms with Gasteiger partial charge in [-0.25, -0.2) is 4.79 Å². The van der Waals surface area contributed by atoms with Crippen LogP contribution in [0.15, 0.2) is 4.99 Å². The minimum absolute atomic E-state index is 0.0180. The number of unbranched alkanes of at least 4 members (excludes halogenated alkanes) is 1. The first kappa shape index (κ1) is 32.4. The molecule has 0 aliphatic rings. The van der Waals surface area contributed by atoms with Crippen LogP contribution in [0.4, 0.5) is 0 Å². The van der Waals surface area contributed by atoms with Crippen LogP contribution in [0.5, 0.6) is 0 Å². The lowest BCUT2D eigenvalue weighted by Crippen LogP contribution is -2.57. The van der Waals surface area contributed by atoms with E-state index in [1.165, 1.54) is 0 Å². The number of nitrogens with one attached hydrogen (secondary N) is 3.